The smallest absolute Gasteiger partial charge is 0.279 e. The molecular weight excluding hydrogens is 380 g/mol. The highest BCUT2D eigenvalue weighted by Crippen LogP contribution is 2.34. The molecule has 1 spiro atoms. The lowest BCUT2D eigenvalue weighted by Crippen LogP contribution is -3.00. The van der Waals surface area contributed by atoms with Gasteiger partial charge in [0, 0.05) is 49.7 Å². The zero-order valence-corrected chi connectivity index (χ0v) is 17.0. The average Bonchev–Trinajstić information content (AvgIpc) is 3.11. The molecule has 1 aromatic carbocycles. The second kappa shape index (κ2) is 8.48. The molecule has 2 fully saturated rings. The summed E-state index contributed by atoms with van der Waals surface area (Å²) in [6.45, 7) is 5.31. The van der Waals surface area contributed by atoms with E-state index >= 15 is 0 Å². The quantitative estimate of drug-likeness (QED) is 0.562. The molecule has 2 atom stereocenters. The fraction of sp³-hybridized carbons (Fsp3) is 0.579. The topological polar surface area (TPSA) is 109 Å². The first-order valence-corrected chi connectivity index (χ1v) is 10.7. The number of non-ortho nitro benzene ring substituents is 1. The summed E-state index contributed by atoms with van der Waals surface area (Å²) in [7, 11) is 0. The first-order chi connectivity index (χ1) is 13.3. The number of rotatable bonds is 5. The van der Waals surface area contributed by atoms with Crippen LogP contribution in [0.15, 0.2) is 24.3 Å². The number of nitro benzene ring substituents is 1. The van der Waals surface area contributed by atoms with Crippen molar-refractivity contribution in [3.05, 3.63) is 39.9 Å². The van der Waals surface area contributed by atoms with E-state index in [0.29, 0.717) is 18.7 Å². The third-order valence-corrected chi connectivity index (χ3v) is 7.26. The van der Waals surface area contributed by atoms with Gasteiger partial charge in [-0.3, -0.25) is 19.7 Å². The molecule has 3 rings (SSSR count). The van der Waals surface area contributed by atoms with Crippen LogP contribution in [0.5, 0.6) is 0 Å². The number of carbonyl (C=O) groups excluding carboxylic acids is 2. The molecule has 8 nitrogen and oxygen atoms in total. The van der Waals surface area contributed by atoms with Gasteiger partial charge in [-0.05, 0) is 25.5 Å². The van der Waals surface area contributed by atoms with Crippen LogP contribution < -0.4 is 10.6 Å². The molecule has 0 radical (unpaired) electrons. The van der Waals surface area contributed by atoms with E-state index in [4.69, 9.17) is 0 Å². The van der Waals surface area contributed by atoms with Gasteiger partial charge in [0.1, 0.15) is 4.87 Å². The van der Waals surface area contributed by atoms with Gasteiger partial charge in [0.2, 0.25) is 0 Å². The minimum Gasteiger partial charge on any atom is -0.348 e. The highest BCUT2D eigenvalue weighted by Gasteiger charge is 2.48. The first-order valence-electron chi connectivity index (χ1n) is 9.67. The average molecular weight is 408 g/mol. The number of carbonyl (C=O) groups is 2. The molecule has 2 aliphatic heterocycles. The maximum absolute atomic E-state index is 12.7. The number of nitrogens with two attached hydrogens (primary N) is 1. The molecule has 0 saturated carbocycles. The van der Waals surface area contributed by atoms with Crippen LogP contribution in [0.1, 0.15) is 43.5 Å². The highest BCUT2D eigenvalue weighted by molar-refractivity contribution is 8.00. The number of benzene rings is 1. The number of nitro groups is 1. The van der Waals surface area contributed by atoms with Crippen LogP contribution >= 0.6 is 11.8 Å². The van der Waals surface area contributed by atoms with E-state index < -0.39 is 4.92 Å². The van der Waals surface area contributed by atoms with Gasteiger partial charge in [-0.2, -0.15) is 0 Å². The van der Waals surface area contributed by atoms with Crippen LogP contribution in [0.4, 0.5) is 5.69 Å². The molecule has 3 N–H and O–H groups in total. The normalized spacial score (nSPS) is 22.1. The second-order valence-corrected chi connectivity index (χ2v) is 9.00. The minimum atomic E-state index is -0.472. The lowest BCUT2D eigenvalue weighted by molar-refractivity contribution is -0.714. The van der Waals surface area contributed by atoms with Crippen molar-refractivity contribution < 1.29 is 19.8 Å². The lowest BCUT2D eigenvalue weighted by atomic mass is 10.0. The van der Waals surface area contributed by atoms with E-state index in [9.17, 15) is 19.7 Å². The van der Waals surface area contributed by atoms with Gasteiger partial charge >= 0.3 is 0 Å². The van der Waals surface area contributed by atoms with Gasteiger partial charge in [-0.1, -0.05) is 18.7 Å². The number of thioether (sulfide) groups is 1. The SMILES string of the molecule is CC[C@@H](C)NC(=O)[C@@H]1CSC2(CCN(C(=O)c3ccc([N+](=O)[O-])cc3)CC2)[NH2+]1. The van der Waals surface area contributed by atoms with E-state index in [0.717, 1.165) is 25.0 Å². The molecule has 0 bridgehead atoms. The first kappa shape index (κ1) is 20.6. The fourth-order valence-corrected chi connectivity index (χ4v) is 5.12. The van der Waals surface area contributed by atoms with Crippen molar-refractivity contribution in [3.63, 3.8) is 0 Å². The Hall–Kier alpha value is -2.13. The summed E-state index contributed by atoms with van der Waals surface area (Å²) in [4.78, 5) is 37.1. The van der Waals surface area contributed by atoms with Gasteiger partial charge < -0.3 is 15.5 Å². The molecule has 152 valence electrons. The Morgan fingerprint density at radius 3 is 2.57 bits per heavy atom. The molecule has 2 saturated heterocycles. The van der Waals surface area contributed by atoms with Crippen LogP contribution in [0.2, 0.25) is 0 Å². The predicted octanol–water partition coefficient (Wildman–Crippen LogP) is 1.12. The summed E-state index contributed by atoms with van der Waals surface area (Å²) in [6.07, 6.45) is 2.56. The van der Waals surface area contributed by atoms with Crippen LogP contribution in [0.25, 0.3) is 0 Å². The van der Waals surface area contributed by atoms with Crippen molar-refractivity contribution in [2.45, 2.75) is 50.1 Å². The maximum Gasteiger partial charge on any atom is 0.279 e. The Morgan fingerprint density at radius 1 is 1.36 bits per heavy atom. The van der Waals surface area contributed by atoms with Crippen molar-refractivity contribution in [1.82, 2.24) is 10.2 Å². The number of nitrogens with one attached hydrogen (secondary N) is 1. The zero-order chi connectivity index (χ0) is 20.3. The van der Waals surface area contributed by atoms with Crippen LogP contribution in [0.3, 0.4) is 0 Å². The molecule has 2 amide bonds. The van der Waals surface area contributed by atoms with Gasteiger partial charge in [-0.15, -0.1) is 0 Å². The summed E-state index contributed by atoms with van der Waals surface area (Å²) < 4.78 is 0. The third-order valence-electron chi connectivity index (χ3n) is 5.62. The Labute approximate surface area is 168 Å². The van der Waals surface area contributed by atoms with Crippen molar-refractivity contribution >= 4 is 29.3 Å². The molecule has 28 heavy (non-hydrogen) atoms. The molecule has 1 aromatic rings. The molecule has 0 aliphatic carbocycles. The van der Waals surface area contributed by atoms with Gasteiger partial charge in [0.15, 0.2) is 6.04 Å². The molecular formula is C19H27N4O4S+. The summed E-state index contributed by atoms with van der Waals surface area (Å²) in [5.74, 6) is 0.792. The molecule has 9 heteroatoms. The number of likely N-dealkylation sites (tertiary alicyclic amines) is 1. The van der Waals surface area contributed by atoms with E-state index in [1.807, 2.05) is 18.7 Å². The van der Waals surface area contributed by atoms with Crippen molar-refractivity contribution in [2.24, 2.45) is 0 Å². The summed E-state index contributed by atoms with van der Waals surface area (Å²) >= 11 is 1.82. The lowest BCUT2D eigenvalue weighted by Gasteiger charge is -2.36. The van der Waals surface area contributed by atoms with Crippen LogP contribution in [-0.4, -0.2) is 57.4 Å². The van der Waals surface area contributed by atoms with Crippen molar-refractivity contribution in [3.8, 4) is 0 Å². The second-order valence-electron chi connectivity index (χ2n) is 7.56. The number of nitrogens with zero attached hydrogens (tertiary/aromatic N) is 2. The number of quaternary nitrogens is 1. The Bertz CT molecular complexity index is 747. The standard InChI is InChI=1S/C19H26N4O4S/c1-3-13(2)20-17(24)16-12-28-19(21-16)8-10-22(11-9-19)18(25)14-4-6-15(7-5-14)23(26)27/h4-7,13,16,21H,3,8-12H2,1-2H3,(H,20,24)/p+1/t13-,16+/m1/s1. The van der Waals surface area contributed by atoms with Gasteiger partial charge in [0.25, 0.3) is 17.5 Å². The molecule has 0 unspecified atom stereocenters. The van der Waals surface area contributed by atoms with E-state index in [1.165, 1.54) is 24.3 Å². The van der Waals surface area contributed by atoms with E-state index in [-0.39, 0.29) is 34.5 Å². The zero-order valence-electron chi connectivity index (χ0n) is 16.2. The predicted molar refractivity (Wildman–Crippen MR) is 107 cm³/mol. The number of piperidine rings is 1. The highest BCUT2D eigenvalue weighted by atomic mass is 32.2. The Morgan fingerprint density at radius 2 is 2.00 bits per heavy atom. The van der Waals surface area contributed by atoms with Crippen molar-refractivity contribution in [1.29, 1.82) is 0 Å². The summed E-state index contributed by atoms with van der Waals surface area (Å²) in [5, 5.41) is 16.0. The third kappa shape index (κ3) is 4.47. The maximum atomic E-state index is 12.7. The van der Waals surface area contributed by atoms with Gasteiger partial charge in [0.05, 0.1) is 10.7 Å². The Kier molecular flexibility index (Phi) is 6.24. The number of amides is 2. The Balaban J connectivity index is 1.55. The van der Waals surface area contributed by atoms with Crippen molar-refractivity contribution in [2.75, 3.05) is 18.8 Å². The van der Waals surface area contributed by atoms with E-state index in [1.54, 1.807) is 4.90 Å². The summed E-state index contributed by atoms with van der Waals surface area (Å²) in [6, 6.07) is 5.85. The minimum absolute atomic E-state index is 0.0205. The molecule has 0 aromatic heterocycles. The van der Waals surface area contributed by atoms with Crippen LogP contribution in [0, 0.1) is 10.1 Å². The van der Waals surface area contributed by atoms with Gasteiger partial charge in [-0.25, -0.2) is 0 Å². The fourth-order valence-electron chi connectivity index (χ4n) is 3.63. The van der Waals surface area contributed by atoms with E-state index in [2.05, 4.69) is 17.6 Å². The summed E-state index contributed by atoms with van der Waals surface area (Å²) in [5.41, 5.74) is 0.447. The largest absolute Gasteiger partial charge is 0.348 e. The monoisotopic (exact) mass is 407 g/mol. The number of hydrogen-bond donors (Lipinski definition) is 2. The number of hydrogen-bond acceptors (Lipinski definition) is 5. The molecule has 2 heterocycles. The van der Waals surface area contributed by atoms with Crippen LogP contribution in [-0.2, 0) is 4.79 Å². The molecule has 2 aliphatic rings.